The molecule has 1 fully saturated rings. The molecular weight excluding hydrogens is 344 g/mol. The van der Waals surface area contributed by atoms with E-state index in [0.29, 0.717) is 0 Å². The lowest BCUT2D eigenvalue weighted by Gasteiger charge is -2.26. The van der Waals surface area contributed by atoms with Crippen molar-refractivity contribution in [3.05, 3.63) is 58.4 Å². The number of allylic oxidation sites excluding steroid dienone is 1. The van der Waals surface area contributed by atoms with Gasteiger partial charge < -0.3 is 15.6 Å². The number of aromatic amines is 1. The van der Waals surface area contributed by atoms with Gasteiger partial charge in [-0.25, -0.2) is 0 Å². The fourth-order valence-electron chi connectivity index (χ4n) is 4.00. The molecule has 1 saturated heterocycles. The SMILES string of the molecule is C/C(=C\c1c(N(C)C)[nH]c(C)c1/C=C\N)c1ccc(CN2CCCCC2)cc1.[HH]. The summed E-state index contributed by atoms with van der Waals surface area (Å²) in [7, 11) is 4.12. The zero-order valence-electron chi connectivity index (χ0n) is 17.8. The van der Waals surface area contributed by atoms with Gasteiger partial charge in [-0.15, -0.1) is 0 Å². The molecule has 0 unspecified atom stereocenters. The third-order valence-electron chi connectivity index (χ3n) is 5.59. The predicted molar refractivity (Wildman–Crippen MR) is 124 cm³/mol. The molecule has 4 heteroatoms. The standard InChI is InChI=1S/C24H34N4.H2/c1-18(16-23-22(12-13-25)19(2)26-24(23)27(3)4)21-10-8-20(9-11-21)17-28-14-6-5-7-15-28;/h8-13,16,26H,5-7,14-15,17,25H2,1-4H3;1H/b13-12-,18-16+;. The van der Waals surface area contributed by atoms with E-state index in [1.807, 2.05) is 6.08 Å². The van der Waals surface area contributed by atoms with E-state index in [2.05, 4.69) is 73.1 Å². The van der Waals surface area contributed by atoms with Crippen LogP contribution in [0.1, 0.15) is 55.6 Å². The van der Waals surface area contributed by atoms with Crippen molar-refractivity contribution in [2.45, 2.75) is 39.7 Å². The third-order valence-corrected chi connectivity index (χ3v) is 5.59. The second-order valence-corrected chi connectivity index (χ2v) is 8.04. The molecule has 0 aliphatic carbocycles. The molecule has 0 atom stereocenters. The number of benzene rings is 1. The molecule has 2 heterocycles. The highest BCUT2D eigenvalue weighted by Crippen LogP contribution is 2.30. The number of anilines is 1. The van der Waals surface area contributed by atoms with Crippen molar-refractivity contribution in [2.24, 2.45) is 5.73 Å². The number of rotatable bonds is 6. The summed E-state index contributed by atoms with van der Waals surface area (Å²) in [6.45, 7) is 7.80. The van der Waals surface area contributed by atoms with Gasteiger partial charge in [0, 0.05) is 38.9 Å². The maximum absolute atomic E-state index is 5.69. The number of H-pyrrole nitrogens is 1. The van der Waals surface area contributed by atoms with E-state index in [0.717, 1.165) is 23.6 Å². The van der Waals surface area contributed by atoms with Crippen molar-refractivity contribution in [3.8, 4) is 0 Å². The fraction of sp³-hybridized carbons (Fsp3) is 0.417. The highest BCUT2D eigenvalue weighted by atomic mass is 15.1. The number of hydrogen-bond acceptors (Lipinski definition) is 3. The van der Waals surface area contributed by atoms with Gasteiger partial charge in [-0.3, -0.25) is 4.90 Å². The molecule has 0 amide bonds. The average molecular weight is 381 g/mol. The van der Waals surface area contributed by atoms with Crippen molar-refractivity contribution in [2.75, 3.05) is 32.1 Å². The Morgan fingerprint density at radius 1 is 1.14 bits per heavy atom. The number of nitrogens with one attached hydrogen (secondary N) is 1. The highest BCUT2D eigenvalue weighted by molar-refractivity contribution is 5.88. The quantitative estimate of drug-likeness (QED) is 0.732. The summed E-state index contributed by atoms with van der Waals surface area (Å²) >= 11 is 0. The molecule has 1 aliphatic heterocycles. The summed E-state index contributed by atoms with van der Waals surface area (Å²) in [4.78, 5) is 8.16. The van der Waals surface area contributed by atoms with E-state index in [1.165, 1.54) is 54.6 Å². The Labute approximate surface area is 171 Å². The largest absolute Gasteiger partial charge is 0.405 e. The van der Waals surface area contributed by atoms with Crippen LogP contribution in [0.4, 0.5) is 5.82 Å². The van der Waals surface area contributed by atoms with Gasteiger partial charge in [0.25, 0.3) is 0 Å². The van der Waals surface area contributed by atoms with E-state index in [4.69, 9.17) is 5.73 Å². The summed E-state index contributed by atoms with van der Waals surface area (Å²) in [6, 6.07) is 9.05. The lowest BCUT2D eigenvalue weighted by atomic mass is 10.0. The van der Waals surface area contributed by atoms with Gasteiger partial charge in [0.05, 0.1) is 0 Å². The Hall–Kier alpha value is -2.46. The molecule has 0 saturated carbocycles. The molecule has 1 aliphatic rings. The fourth-order valence-corrected chi connectivity index (χ4v) is 4.00. The number of nitrogens with two attached hydrogens (primary N) is 1. The molecule has 2 aromatic rings. The van der Waals surface area contributed by atoms with Crippen LogP contribution in [0, 0.1) is 6.92 Å². The van der Waals surface area contributed by atoms with E-state index < -0.39 is 0 Å². The Balaban J connectivity index is 0.00000300. The topological polar surface area (TPSA) is 48.3 Å². The van der Waals surface area contributed by atoms with Crippen LogP contribution in [0.15, 0.2) is 30.5 Å². The molecule has 28 heavy (non-hydrogen) atoms. The summed E-state index contributed by atoms with van der Waals surface area (Å²) in [5.41, 5.74) is 13.0. The van der Waals surface area contributed by atoms with E-state index in [1.54, 1.807) is 6.20 Å². The first kappa shape index (κ1) is 20.3. The molecule has 4 nitrogen and oxygen atoms in total. The van der Waals surface area contributed by atoms with Crippen LogP contribution in [0.5, 0.6) is 0 Å². The first-order chi connectivity index (χ1) is 13.5. The van der Waals surface area contributed by atoms with Gasteiger partial charge >= 0.3 is 0 Å². The Morgan fingerprint density at radius 3 is 2.43 bits per heavy atom. The maximum atomic E-state index is 5.69. The maximum Gasteiger partial charge on any atom is 0.113 e. The minimum Gasteiger partial charge on any atom is -0.405 e. The Kier molecular flexibility index (Phi) is 6.63. The number of likely N-dealkylation sites (tertiary alicyclic amines) is 1. The lowest BCUT2D eigenvalue weighted by Crippen LogP contribution is -2.29. The average Bonchev–Trinajstić information content (AvgIpc) is 2.99. The van der Waals surface area contributed by atoms with E-state index in [9.17, 15) is 0 Å². The molecule has 0 spiro atoms. The van der Waals surface area contributed by atoms with Crippen molar-refractivity contribution >= 4 is 23.5 Å². The molecule has 0 radical (unpaired) electrons. The number of nitrogens with zero attached hydrogens (tertiary/aromatic N) is 2. The summed E-state index contributed by atoms with van der Waals surface area (Å²) in [5.74, 6) is 1.10. The van der Waals surface area contributed by atoms with Gasteiger partial charge in [0.1, 0.15) is 5.82 Å². The normalized spacial score (nSPS) is 16.1. The van der Waals surface area contributed by atoms with Crippen molar-refractivity contribution in [1.82, 2.24) is 9.88 Å². The first-order valence-corrected chi connectivity index (χ1v) is 10.3. The molecule has 3 N–H and O–H groups in total. The van der Waals surface area contributed by atoms with Crippen LogP contribution < -0.4 is 10.6 Å². The van der Waals surface area contributed by atoms with Crippen LogP contribution in [0.2, 0.25) is 0 Å². The zero-order chi connectivity index (χ0) is 20.1. The number of aryl methyl sites for hydroxylation is 1. The van der Waals surface area contributed by atoms with Gasteiger partial charge in [-0.1, -0.05) is 30.7 Å². The first-order valence-electron chi connectivity index (χ1n) is 10.3. The van der Waals surface area contributed by atoms with Gasteiger partial charge in [0.2, 0.25) is 0 Å². The predicted octanol–water partition coefficient (Wildman–Crippen LogP) is 5.11. The Morgan fingerprint density at radius 2 is 1.82 bits per heavy atom. The molecule has 3 rings (SSSR count). The number of piperidine rings is 1. The molecule has 152 valence electrons. The second-order valence-electron chi connectivity index (χ2n) is 8.04. The lowest BCUT2D eigenvalue weighted by molar-refractivity contribution is 0.221. The monoisotopic (exact) mass is 380 g/mol. The van der Waals surface area contributed by atoms with Crippen LogP contribution in [-0.4, -0.2) is 37.1 Å². The minimum atomic E-state index is 0. The smallest absolute Gasteiger partial charge is 0.113 e. The second kappa shape index (κ2) is 9.16. The van der Waals surface area contributed by atoms with Crippen LogP contribution in [0.25, 0.3) is 17.7 Å². The van der Waals surface area contributed by atoms with E-state index in [-0.39, 0.29) is 1.43 Å². The molecule has 1 aromatic carbocycles. The van der Waals surface area contributed by atoms with Gasteiger partial charge in [-0.05, 0) is 74.8 Å². The third kappa shape index (κ3) is 4.68. The van der Waals surface area contributed by atoms with Crippen molar-refractivity contribution in [3.63, 3.8) is 0 Å². The highest BCUT2D eigenvalue weighted by Gasteiger charge is 2.14. The number of aromatic nitrogens is 1. The summed E-state index contributed by atoms with van der Waals surface area (Å²) in [5, 5.41) is 0. The Bertz CT molecular complexity index is 841. The zero-order valence-corrected chi connectivity index (χ0v) is 17.8. The minimum absolute atomic E-state index is 0. The van der Waals surface area contributed by atoms with Crippen LogP contribution in [0.3, 0.4) is 0 Å². The van der Waals surface area contributed by atoms with Crippen LogP contribution in [-0.2, 0) is 6.54 Å². The van der Waals surface area contributed by atoms with Crippen molar-refractivity contribution in [1.29, 1.82) is 0 Å². The molecule has 1 aromatic heterocycles. The summed E-state index contributed by atoms with van der Waals surface area (Å²) < 4.78 is 0. The van der Waals surface area contributed by atoms with Crippen LogP contribution >= 0.6 is 0 Å². The molecular formula is C24H36N4. The van der Waals surface area contributed by atoms with Gasteiger partial charge in [0.15, 0.2) is 0 Å². The van der Waals surface area contributed by atoms with Gasteiger partial charge in [-0.2, -0.15) is 0 Å². The van der Waals surface area contributed by atoms with E-state index >= 15 is 0 Å². The summed E-state index contributed by atoms with van der Waals surface area (Å²) in [6.07, 6.45) is 9.90. The molecule has 0 bridgehead atoms. The number of hydrogen-bond donors (Lipinski definition) is 2. The van der Waals surface area contributed by atoms with Crippen molar-refractivity contribution < 1.29 is 1.43 Å².